The molecule has 3 rings (SSSR count). The highest BCUT2D eigenvalue weighted by Gasteiger charge is 2.37. The Labute approximate surface area is 145 Å². The summed E-state index contributed by atoms with van der Waals surface area (Å²) in [7, 11) is 0. The van der Waals surface area contributed by atoms with Gasteiger partial charge in [-0.15, -0.1) is 0 Å². The Hall–Kier alpha value is -2.35. The molecule has 8 heteroatoms. The van der Waals surface area contributed by atoms with Crippen molar-refractivity contribution in [1.29, 1.82) is 0 Å². The summed E-state index contributed by atoms with van der Waals surface area (Å²) in [5, 5.41) is 2.69. The quantitative estimate of drug-likeness (QED) is 0.871. The minimum atomic E-state index is -0.874. The highest BCUT2D eigenvalue weighted by atomic mass is 19.1. The largest absolute Gasteiger partial charge is 0.434 e. The van der Waals surface area contributed by atoms with Crippen LogP contribution < -0.4 is 15.1 Å². The van der Waals surface area contributed by atoms with Gasteiger partial charge in [-0.3, -0.25) is 9.69 Å². The first-order valence-corrected chi connectivity index (χ1v) is 8.48. The zero-order valence-electron chi connectivity index (χ0n) is 14.2. The lowest BCUT2D eigenvalue weighted by Gasteiger charge is -2.29. The maximum atomic E-state index is 14.5. The molecule has 2 aliphatic heterocycles. The molecule has 0 spiro atoms. The van der Waals surface area contributed by atoms with Gasteiger partial charge in [0.15, 0.2) is 6.10 Å². The molecule has 0 radical (unpaired) electrons. The number of hydrogen-bond donors (Lipinski definition) is 1. The first-order valence-electron chi connectivity index (χ1n) is 8.48. The topological polar surface area (TPSA) is 71.1 Å². The number of cyclic esters (lactones) is 1. The maximum Gasteiger partial charge on any atom is 0.415 e. The Balaban J connectivity index is 1.70. The Morgan fingerprint density at radius 3 is 2.80 bits per heavy atom. The van der Waals surface area contributed by atoms with Crippen molar-refractivity contribution in [3.63, 3.8) is 0 Å². The fourth-order valence-electron chi connectivity index (χ4n) is 2.90. The van der Waals surface area contributed by atoms with Crippen LogP contribution in [0, 0.1) is 5.82 Å². The van der Waals surface area contributed by atoms with E-state index in [9.17, 15) is 14.0 Å². The molecule has 2 fully saturated rings. The number of benzene rings is 1. The van der Waals surface area contributed by atoms with Crippen molar-refractivity contribution in [2.24, 2.45) is 0 Å². The van der Waals surface area contributed by atoms with Gasteiger partial charge in [0.25, 0.3) is 5.91 Å². The summed E-state index contributed by atoms with van der Waals surface area (Å²) >= 11 is 0. The van der Waals surface area contributed by atoms with E-state index in [0.717, 1.165) is 6.42 Å². The van der Waals surface area contributed by atoms with E-state index in [1.807, 2.05) is 11.8 Å². The molecular weight excluding hydrogens is 329 g/mol. The number of morpholine rings is 1. The molecule has 2 amide bonds. The molecule has 7 nitrogen and oxygen atoms in total. The third-order valence-electron chi connectivity index (χ3n) is 4.25. The summed E-state index contributed by atoms with van der Waals surface area (Å²) in [4.78, 5) is 27.2. The second-order valence-electron chi connectivity index (χ2n) is 6.01. The van der Waals surface area contributed by atoms with Crippen LogP contribution in [0.1, 0.15) is 13.3 Å². The van der Waals surface area contributed by atoms with Crippen molar-refractivity contribution >= 4 is 23.4 Å². The molecular formula is C17H22FN3O4. The van der Waals surface area contributed by atoms with Crippen molar-refractivity contribution in [2.45, 2.75) is 19.4 Å². The SMILES string of the molecule is CCCNC(=O)C1CN(c2ccc(N3CCOCC3)c(F)c2)C(=O)O1. The van der Waals surface area contributed by atoms with Gasteiger partial charge in [0.2, 0.25) is 0 Å². The maximum absolute atomic E-state index is 14.5. The minimum absolute atomic E-state index is 0.0741. The van der Waals surface area contributed by atoms with Crippen LogP contribution in [0.5, 0.6) is 0 Å². The van der Waals surface area contributed by atoms with Crippen molar-refractivity contribution in [1.82, 2.24) is 5.32 Å². The van der Waals surface area contributed by atoms with Crippen LogP contribution >= 0.6 is 0 Å². The number of nitrogens with zero attached hydrogens (tertiary/aromatic N) is 2. The number of hydrogen-bond acceptors (Lipinski definition) is 5. The standard InChI is InChI=1S/C17H22FN3O4/c1-2-5-19-16(22)15-11-21(17(23)25-15)12-3-4-14(13(18)10-12)20-6-8-24-9-7-20/h3-4,10,15H,2,5-9,11H2,1H3,(H,19,22). The molecule has 1 unspecified atom stereocenters. The van der Waals surface area contributed by atoms with Gasteiger partial charge in [0.1, 0.15) is 5.82 Å². The van der Waals surface area contributed by atoms with E-state index in [2.05, 4.69) is 5.32 Å². The molecule has 25 heavy (non-hydrogen) atoms. The molecule has 0 bridgehead atoms. The number of carbonyl (C=O) groups excluding carboxylic acids is 2. The van der Waals surface area contributed by atoms with Gasteiger partial charge in [0, 0.05) is 19.6 Å². The van der Waals surface area contributed by atoms with Crippen LogP contribution in [-0.4, -0.2) is 57.5 Å². The first kappa shape index (κ1) is 17.5. The normalized spacial score (nSPS) is 20.6. The van der Waals surface area contributed by atoms with Gasteiger partial charge >= 0.3 is 6.09 Å². The second-order valence-corrected chi connectivity index (χ2v) is 6.01. The average Bonchev–Trinajstić information content (AvgIpc) is 3.02. The van der Waals surface area contributed by atoms with Crippen LogP contribution in [0.4, 0.5) is 20.6 Å². The molecule has 2 aliphatic rings. The number of rotatable bonds is 5. The summed E-state index contributed by atoms with van der Waals surface area (Å²) < 4.78 is 24.9. The monoisotopic (exact) mass is 351 g/mol. The second kappa shape index (κ2) is 7.69. The zero-order valence-corrected chi connectivity index (χ0v) is 14.2. The Morgan fingerprint density at radius 2 is 2.12 bits per heavy atom. The molecule has 136 valence electrons. The highest BCUT2D eigenvalue weighted by molar-refractivity contribution is 5.95. The molecule has 2 saturated heterocycles. The first-order chi connectivity index (χ1) is 12.1. The molecule has 0 aliphatic carbocycles. The van der Waals surface area contributed by atoms with Crippen molar-refractivity contribution in [3.05, 3.63) is 24.0 Å². The Kier molecular flexibility index (Phi) is 5.37. The summed E-state index contributed by atoms with van der Waals surface area (Å²) in [5.74, 6) is -0.741. The molecule has 0 aromatic heterocycles. The number of nitrogens with one attached hydrogen (secondary N) is 1. The van der Waals surface area contributed by atoms with E-state index >= 15 is 0 Å². The Morgan fingerprint density at radius 1 is 1.36 bits per heavy atom. The predicted molar refractivity (Wildman–Crippen MR) is 90.3 cm³/mol. The number of amides is 2. The molecule has 2 heterocycles. The number of carbonyl (C=O) groups is 2. The molecule has 1 atom stereocenters. The van der Waals surface area contributed by atoms with Crippen molar-refractivity contribution < 1.29 is 23.5 Å². The summed E-state index contributed by atoms with van der Waals surface area (Å²) in [6.45, 7) is 4.91. The van der Waals surface area contributed by atoms with Gasteiger partial charge in [-0.2, -0.15) is 0 Å². The van der Waals surface area contributed by atoms with E-state index in [1.165, 1.54) is 11.0 Å². The molecule has 1 N–H and O–H groups in total. The van der Waals surface area contributed by atoms with Crippen LogP contribution in [0.25, 0.3) is 0 Å². The molecule has 1 aromatic rings. The van der Waals surface area contributed by atoms with E-state index < -0.39 is 18.0 Å². The van der Waals surface area contributed by atoms with Crippen LogP contribution in [0.15, 0.2) is 18.2 Å². The van der Waals surface area contributed by atoms with Crippen molar-refractivity contribution in [2.75, 3.05) is 49.2 Å². The third-order valence-corrected chi connectivity index (χ3v) is 4.25. The Bertz CT molecular complexity index is 649. The molecule has 0 saturated carbocycles. The van der Waals surface area contributed by atoms with Crippen LogP contribution in [0.2, 0.25) is 0 Å². The van der Waals surface area contributed by atoms with Crippen LogP contribution in [-0.2, 0) is 14.3 Å². The fraction of sp³-hybridized carbons (Fsp3) is 0.529. The summed E-state index contributed by atoms with van der Waals surface area (Å²) in [6.07, 6.45) is -0.721. The average molecular weight is 351 g/mol. The smallest absolute Gasteiger partial charge is 0.415 e. The van der Waals surface area contributed by atoms with Gasteiger partial charge in [-0.05, 0) is 24.6 Å². The lowest BCUT2D eigenvalue weighted by atomic mass is 10.2. The minimum Gasteiger partial charge on any atom is -0.434 e. The van der Waals surface area contributed by atoms with Gasteiger partial charge in [-0.25, -0.2) is 9.18 Å². The van der Waals surface area contributed by atoms with E-state index in [1.54, 1.807) is 12.1 Å². The summed E-state index contributed by atoms with van der Waals surface area (Å²) in [6, 6.07) is 4.62. The lowest BCUT2D eigenvalue weighted by Crippen LogP contribution is -2.38. The third kappa shape index (κ3) is 3.84. The summed E-state index contributed by atoms with van der Waals surface area (Å²) in [5.41, 5.74) is 0.863. The van der Waals surface area contributed by atoms with E-state index in [0.29, 0.717) is 44.2 Å². The number of ether oxygens (including phenoxy) is 2. The van der Waals surface area contributed by atoms with Crippen molar-refractivity contribution in [3.8, 4) is 0 Å². The number of halogens is 1. The fourth-order valence-corrected chi connectivity index (χ4v) is 2.90. The lowest BCUT2D eigenvalue weighted by molar-refractivity contribution is -0.127. The van der Waals surface area contributed by atoms with Gasteiger partial charge < -0.3 is 19.7 Å². The zero-order chi connectivity index (χ0) is 17.8. The van der Waals surface area contributed by atoms with Gasteiger partial charge in [0.05, 0.1) is 31.1 Å². The predicted octanol–water partition coefficient (Wildman–Crippen LogP) is 1.51. The number of anilines is 2. The van der Waals surface area contributed by atoms with E-state index in [4.69, 9.17) is 9.47 Å². The van der Waals surface area contributed by atoms with E-state index in [-0.39, 0.29) is 12.5 Å². The van der Waals surface area contributed by atoms with Crippen LogP contribution in [0.3, 0.4) is 0 Å². The molecule has 1 aromatic carbocycles. The van der Waals surface area contributed by atoms with Gasteiger partial charge in [-0.1, -0.05) is 6.92 Å². The highest BCUT2D eigenvalue weighted by Crippen LogP contribution is 2.28.